The molecule has 6 aromatic carbocycles. The third-order valence-electron chi connectivity index (χ3n) is 8.98. The number of hydrogen-bond donors (Lipinski definition) is 0. The second-order valence-corrected chi connectivity index (χ2v) is 12.4. The van der Waals surface area contributed by atoms with E-state index in [9.17, 15) is 0 Å². The van der Waals surface area contributed by atoms with Gasteiger partial charge in [-0.1, -0.05) is 105 Å². The van der Waals surface area contributed by atoms with Gasteiger partial charge in [0, 0.05) is 37.3 Å². The van der Waals surface area contributed by atoms with Crippen molar-refractivity contribution in [1.82, 2.24) is 4.57 Å². The number of para-hydroxylation sites is 1. The maximum absolute atomic E-state index is 2.54. The summed E-state index contributed by atoms with van der Waals surface area (Å²) in [6.45, 7) is 4.73. The van der Waals surface area contributed by atoms with E-state index in [0.29, 0.717) is 0 Å². The molecule has 0 aliphatic heterocycles. The van der Waals surface area contributed by atoms with Gasteiger partial charge in [0.25, 0.3) is 0 Å². The summed E-state index contributed by atoms with van der Waals surface area (Å²) in [6, 6.07) is 42.8. The molecule has 39 heavy (non-hydrogen) atoms. The molecule has 2 heteroatoms. The Morgan fingerprint density at radius 1 is 0.564 bits per heavy atom. The Labute approximate surface area is 230 Å². The highest BCUT2D eigenvalue weighted by Gasteiger charge is 2.35. The van der Waals surface area contributed by atoms with Crippen molar-refractivity contribution in [3.8, 4) is 16.8 Å². The molecule has 0 radical (unpaired) electrons. The van der Waals surface area contributed by atoms with Gasteiger partial charge < -0.3 is 4.57 Å². The summed E-state index contributed by atoms with van der Waals surface area (Å²) in [5.74, 6) is 0. The fourth-order valence-electron chi connectivity index (χ4n) is 7.23. The molecule has 184 valence electrons. The molecule has 0 spiro atoms. The Hall–Kier alpha value is -4.40. The summed E-state index contributed by atoms with van der Waals surface area (Å²) in [7, 11) is 0. The van der Waals surface area contributed by atoms with Gasteiger partial charge >= 0.3 is 0 Å². The zero-order valence-electron chi connectivity index (χ0n) is 21.8. The Morgan fingerprint density at radius 3 is 2.05 bits per heavy atom. The Kier molecular flexibility index (Phi) is 4.07. The second kappa shape index (κ2) is 7.37. The van der Waals surface area contributed by atoms with Crippen molar-refractivity contribution in [3.05, 3.63) is 126 Å². The minimum atomic E-state index is -0.0413. The molecular weight excluding hydrogens is 490 g/mol. The van der Waals surface area contributed by atoms with Gasteiger partial charge in [0.2, 0.25) is 0 Å². The van der Waals surface area contributed by atoms with Crippen LogP contribution in [0.2, 0.25) is 0 Å². The average molecular weight is 516 g/mol. The first kappa shape index (κ1) is 21.5. The first-order chi connectivity index (χ1) is 19.1. The van der Waals surface area contributed by atoms with Crippen molar-refractivity contribution in [1.29, 1.82) is 0 Å². The summed E-state index contributed by atoms with van der Waals surface area (Å²) in [6.07, 6.45) is 0. The first-order valence-electron chi connectivity index (χ1n) is 13.6. The van der Waals surface area contributed by atoms with E-state index in [1.165, 1.54) is 80.7 Å². The molecule has 0 fully saturated rings. The van der Waals surface area contributed by atoms with Crippen molar-refractivity contribution in [2.75, 3.05) is 0 Å². The summed E-state index contributed by atoms with van der Waals surface area (Å²) in [5, 5.41) is 8.04. The molecule has 1 aliphatic carbocycles. The van der Waals surface area contributed by atoms with Crippen LogP contribution in [0, 0.1) is 0 Å². The Morgan fingerprint density at radius 2 is 1.21 bits per heavy atom. The molecule has 1 nitrogen and oxygen atoms in total. The standard InChI is InChI=1S/C37H25NS/c1-37(2)29-16-8-5-11-23(29)24-20-19-22(21-30(24)37)38-31-17-9-6-14-27(31)33-25-12-3-4-13-26(25)34-28-15-7-10-18-32(28)39-36(34)35(33)38/h3-21H,1-2H3. The molecule has 0 bridgehead atoms. The fourth-order valence-corrected chi connectivity index (χ4v) is 8.48. The van der Waals surface area contributed by atoms with Crippen LogP contribution in [-0.4, -0.2) is 4.57 Å². The lowest BCUT2D eigenvalue weighted by atomic mass is 9.82. The number of fused-ring (bicyclic) bond motifs is 13. The van der Waals surface area contributed by atoms with Crippen molar-refractivity contribution in [2.24, 2.45) is 0 Å². The Bertz CT molecular complexity index is 2310. The summed E-state index contributed by atoms with van der Waals surface area (Å²) < 4.78 is 5.24. The van der Waals surface area contributed by atoms with Gasteiger partial charge in [-0.3, -0.25) is 0 Å². The highest BCUT2D eigenvalue weighted by Crippen LogP contribution is 2.51. The van der Waals surface area contributed by atoms with Crippen LogP contribution in [0.3, 0.4) is 0 Å². The lowest BCUT2D eigenvalue weighted by Crippen LogP contribution is -2.15. The van der Waals surface area contributed by atoms with Gasteiger partial charge in [-0.25, -0.2) is 0 Å². The van der Waals surface area contributed by atoms with Gasteiger partial charge in [-0.15, -0.1) is 11.3 Å². The van der Waals surface area contributed by atoms with E-state index in [1.54, 1.807) is 0 Å². The van der Waals surface area contributed by atoms with E-state index in [1.807, 2.05) is 11.3 Å². The van der Waals surface area contributed by atoms with E-state index < -0.39 is 0 Å². The van der Waals surface area contributed by atoms with Crippen LogP contribution in [-0.2, 0) is 5.41 Å². The molecule has 0 saturated heterocycles. The number of nitrogens with zero attached hydrogens (tertiary/aromatic N) is 1. The van der Waals surface area contributed by atoms with Crippen LogP contribution >= 0.6 is 11.3 Å². The van der Waals surface area contributed by atoms with Crippen molar-refractivity contribution in [2.45, 2.75) is 19.3 Å². The van der Waals surface area contributed by atoms with Crippen molar-refractivity contribution < 1.29 is 0 Å². The van der Waals surface area contributed by atoms with Gasteiger partial charge in [-0.2, -0.15) is 0 Å². The molecule has 9 rings (SSSR count). The highest BCUT2D eigenvalue weighted by atomic mass is 32.1. The molecule has 0 unspecified atom stereocenters. The van der Waals surface area contributed by atoms with Crippen LogP contribution in [0.5, 0.6) is 0 Å². The molecule has 8 aromatic rings. The third kappa shape index (κ3) is 2.65. The van der Waals surface area contributed by atoms with Crippen molar-refractivity contribution in [3.63, 3.8) is 0 Å². The predicted octanol–water partition coefficient (Wildman–Crippen LogP) is 10.6. The maximum Gasteiger partial charge on any atom is 0.0726 e. The number of aromatic nitrogens is 1. The summed E-state index contributed by atoms with van der Waals surface area (Å²) in [4.78, 5) is 0. The number of rotatable bonds is 1. The normalized spacial score (nSPS) is 14.1. The van der Waals surface area contributed by atoms with Crippen molar-refractivity contribution >= 4 is 64.1 Å². The summed E-state index contributed by atoms with van der Waals surface area (Å²) >= 11 is 1.92. The molecule has 0 saturated carbocycles. The van der Waals surface area contributed by atoms with Crippen LogP contribution < -0.4 is 0 Å². The fraction of sp³-hybridized carbons (Fsp3) is 0.0811. The molecule has 2 heterocycles. The van der Waals surface area contributed by atoms with Crippen LogP contribution in [0.4, 0.5) is 0 Å². The lowest BCUT2D eigenvalue weighted by Gasteiger charge is -2.22. The van der Waals surface area contributed by atoms with E-state index in [2.05, 4.69) is 134 Å². The molecular formula is C37H25NS. The monoisotopic (exact) mass is 515 g/mol. The number of hydrogen-bond acceptors (Lipinski definition) is 1. The predicted molar refractivity (Wildman–Crippen MR) is 169 cm³/mol. The zero-order valence-corrected chi connectivity index (χ0v) is 22.6. The van der Waals surface area contributed by atoms with Gasteiger partial charge in [0.15, 0.2) is 0 Å². The first-order valence-corrected chi connectivity index (χ1v) is 14.4. The highest BCUT2D eigenvalue weighted by molar-refractivity contribution is 7.27. The molecule has 0 atom stereocenters. The Balaban J connectivity index is 1.49. The largest absolute Gasteiger partial charge is 0.308 e. The minimum absolute atomic E-state index is 0.0413. The average Bonchev–Trinajstić information content (AvgIpc) is 3.60. The van der Waals surface area contributed by atoms with Crippen LogP contribution in [0.25, 0.3) is 69.6 Å². The van der Waals surface area contributed by atoms with E-state index >= 15 is 0 Å². The topological polar surface area (TPSA) is 4.93 Å². The van der Waals surface area contributed by atoms with Crippen LogP contribution in [0.1, 0.15) is 25.0 Å². The maximum atomic E-state index is 2.54. The van der Waals surface area contributed by atoms with E-state index in [-0.39, 0.29) is 5.41 Å². The lowest BCUT2D eigenvalue weighted by molar-refractivity contribution is 0.660. The molecule has 0 N–H and O–H groups in total. The van der Waals surface area contributed by atoms with E-state index in [0.717, 1.165) is 0 Å². The summed E-state index contributed by atoms with van der Waals surface area (Å²) in [5.41, 5.74) is 9.31. The van der Waals surface area contributed by atoms with Crippen LogP contribution in [0.15, 0.2) is 115 Å². The quantitative estimate of drug-likeness (QED) is 0.205. The van der Waals surface area contributed by atoms with Gasteiger partial charge in [0.1, 0.15) is 0 Å². The molecule has 1 aliphatic rings. The third-order valence-corrected chi connectivity index (χ3v) is 10.2. The van der Waals surface area contributed by atoms with E-state index in [4.69, 9.17) is 0 Å². The minimum Gasteiger partial charge on any atom is -0.308 e. The second-order valence-electron chi connectivity index (χ2n) is 11.3. The number of benzene rings is 6. The van der Waals surface area contributed by atoms with Gasteiger partial charge in [-0.05, 0) is 57.3 Å². The van der Waals surface area contributed by atoms with Gasteiger partial charge in [0.05, 0.1) is 15.7 Å². The zero-order chi connectivity index (χ0) is 25.9. The SMILES string of the molecule is CC1(C)c2ccccc2-c2ccc(-n3c4ccccc4c4c5ccccc5c5c6ccccc6sc5c43)cc21. The smallest absolute Gasteiger partial charge is 0.0726 e. The number of thiophene rings is 1. The molecule has 0 amide bonds. The molecule has 2 aromatic heterocycles.